The van der Waals surface area contributed by atoms with E-state index in [1.165, 1.54) is 4.90 Å². The number of hydrogen-bond acceptors (Lipinski definition) is 3. The SMILES string of the molecule is CCCN(CC(=O)O)C(=O)CSCCC(C)C. The van der Waals surface area contributed by atoms with Gasteiger partial charge in [-0.1, -0.05) is 20.8 Å². The fraction of sp³-hybridized carbons (Fsp3) is 0.833. The van der Waals surface area contributed by atoms with Gasteiger partial charge in [0, 0.05) is 6.54 Å². The number of hydrogen-bond donors (Lipinski definition) is 1. The van der Waals surface area contributed by atoms with Crippen molar-refractivity contribution in [2.75, 3.05) is 24.6 Å². The highest BCUT2D eigenvalue weighted by atomic mass is 32.2. The number of nitrogens with zero attached hydrogens (tertiary/aromatic N) is 1. The van der Waals surface area contributed by atoms with Crippen molar-refractivity contribution in [2.24, 2.45) is 5.92 Å². The molecule has 17 heavy (non-hydrogen) atoms. The van der Waals surface area contributed by atoms with Gasteiger partial charge >= 0.3 is 5.97 Å². The molecule has 0 saturated carbocycles. The van der Waals surface area contributed by atoms with Gasteiger partial charge in [0.2, 0.25) is 5.91 Å². The second kappa shape index (κ2) is 9.33. The van der Waals surface area contributed by atoms with Gasteiger partial charge in [-0.15, -0.1) is 0 Å². The Balaban J connectivity index is 3.92. The van der Waals surface area contributed by atoms with E-state index < -0.39 is 5.97 Å². The van der Waals surface area contributed by atoms with Crippen LogP contribution in [0.1, 0.15) is 33.6 Å². The summed E-state index contributed by atoms with van der Waals surface area (Å²) in [6.45, 7) is 6.58. The summed E-state index contributed by atoms with van der Waals surface area (Å²) >= 11 is 1.59. The minimum atomic E-state index is -0.945. The van der Waals surface area contributed by atoms with Crippen LogP contribution in [0.2, 0.25) is 0 Å². The number of carbonyl (C=O) groups is 2. The summed E-state index contributed by atoms with van der Waals surface area (Å²) in [5, 5.41) is 8.70. The summed E-state index contributed by atoms with van der Waals surface area (Å²) in [5.41, 5.74) is 0. The average molecular weight is 261 g/mol. The maximum atomic E-state index is 11.8. The first kappa shape index (κ1) is 16.3. The number of amides is 1. The van der Waals surface area contributed by atoms with Gasteiger partial charge in [0.1, 0.15) is 6.54 Å². The van der Waals surface area contributed by atoms with Gasteiger partial charge in [-0.25, -0.2) is 0 Å². The van der Waals surface area contributed by atoms with Gasteiger partial charge in [0.15, 0.2) is 0 Å². The first-order valence-corrected chi connectivity index (χ1v) is 7.20. The quantitative estimate of drug-likeness (QED) is 0.646. The molecule has 0 aliphatic carbocycles. The minimum absolute atomic E-state index is 0.0667. The molecule has 0 aromatic carbocycles. The smallest absolute Gasteiger partial charge is 0.323 e. The Morgan fingerprint density at radius 2 is 2.00 bits per heavy atom. The zero-order valence-electron chi connectivity index (χ0n) is 10.9. The molecule has 0 radical (unpaired) electrons. The van der Waals surface area contributed by atoms with Crippen molar-refractivity contribution in [3.63, 3.8) is 0 Å². The molecule has 5 heteroatoms. The lowest BCUT2D eigenvalue weighted by Crippen LogP contribution is -2.37. The van der Waals surface area contributed by atoms with E-state index in [1.807, 2.05) is 6.92 Å². The summed E-state index contributed by atoms with van der Waals surface area (Å²) in [4.78, 5) is 23.8. The Labute approximate surface area is 108 Å². The summed E-state index contributed by atoms with van der Waals surface area (Å²) in [7, 11) is 0. The number of aliphatic carboxylic acids is 1. The van der Waals surface area contributed by atoms with Crippen molar-refractivity contribution >= 4 is 23.6 Å². The van der Waals surface area contributed by atoms with Crippen molar-refractivity contribution in [3.05, 3.63) is 0 Å². The molecule has 0 rings (SSSR count). The number of thioether (sulfide) groups is 1. The topological polar surface area (TPSA) is 57.6 Å². The van der Waals surface area contributed by atoms with E-state index in [0.717, 1.165) is 18.6 Å². The first-order valence-electron chi connectivity index (χ1n) is 6.04. The molecular weight excluding hydrogens is 238 g/mol. The van der Waals surface area contributed by atoms with E-state index in [2.05, 4.69) is 13.8 Å². The molecule has 0 spiro atoms. The van der Waals surface area contributed by atoms with Crippen LogP contribution in [0.5, 0.6) is 0 Å². The van der Waals surface area contributed by atoms with Gasteiger partial charge in [0.05, 0.1) is 5.75 Å². The standard InChI is InChI=1S/C12H23NO3S/c1-4-6-13(8-12(15)16)11(14)9-17-7-5-10(2)3/h10H,4-9H2,1-3H3,(H,15,16). The van der Waals surface area contributed by atoms with E-state index >= 15 is 0 Å². The predicted octanol–water partition coefficient (Wildman–Crippen LogP) is 2.09. The second-order valence-corrected chi connectivity index (χ2v) is 5.55. The zero-order valence-corrected chi connectivity index (χ0v) is 11.8. The summed E-state index contributed by atoms with van der Waals surface area (Å²) in [5.74, 6) is 0.974. The Morgan fingerprint density at radius 3 is 2.47 bits per heavy atom. The molecule has 4 nitrogen and oxygen atoms in total. The molecule has 0 fully saturated rings. The van der Waals surface area contributed by atoms with Crippen LogP contribution in [0.4, 0.5) is 0 Å². The van der Waals surface area contributed by atoms with E-state index in [-0.39, 0.29) is 12.5 Å². The molecule has 0 heterocycles. The van der Waals surface area contributed by atoms with Crippen LogP contribution >= 0.6 is 11.8 Å². The Bertz CT molecular complexity index is 244. The van der Waals surface area contributed by atoms with E-state index in [0.29, 0.717) is 18.2 Å². The lowest BCUT2D eigenvalue weighted by atomic mass is 10.2. The van der Waals surface area contributed by atoms with Crippen LogP contribution in [0, 0.1) is 5.92 Å². The highest BCUT2D eigenvalue weighted by molar-refractivity contribution is 7.99. The van der Waals surface area contributed by atoms with Crippen molar-refractivity contribution < 1.29 is 14.7 Å². The van der Waals surface area contributed by atoms with Crippen molar-refractivity contribution in [3.8, 4) is 0 Å². The van der Waals surface area contributed by atoms with Gasteiger partial charge < -0.3 is 10.0 Å². The van der Waals surface area contributed by atoms with E-state index in [9.17, 15) is 9.59 Å². The van der Waals surface area contributed by atoms with Gasteiger partial charge in [0.25, 0.3) is 0 Å². The van der Waals surface area contributed by atoms with Crippen molar-refractivity contribution in [1.82, 2.24) is 4.90 Å². The maximum Gasteiger partial charge on any atom is 0.323 e. The second-order valence-electron chi connectivity index (χ2n) is 4.44. The number of carboxylic acid groups (broad SMARTS) is 1. The highest BCUT2D eigenvalue weighted by Crippen LogP contribution is 2.09. The highest BCUT2D eigenvalue weighted by Gasteiger charge is 2.15. The molecule has 0 aromatic rings. The minimum Gasteiger partial charge on any atom is -0.480 e. The van der Waals surface area contributed by atoms with Gasteiger partial charge in [-0.3, -0.25) is 9.59 Å². The summed E-state index contributed by atoms with van der Waals surface area (Å²) in [6.07, 6.45) is 1.88. The predicted molar refractivity (Wildman–Crippen MR) is 71.3 cm³/mol. The van der Waals surface area contributed by atoms with Gasteiger partial charge in [-0.05, 0) is 24.5 Å². The van der Waals surface area contributed by atoms with Gasteiger partial charge in [-0.2, -0.15) is 11.8 Å². The van der Waals surface area contributed by atoms with E-state index in [4.69, 9.17) is 5.11 Å². The molecule has 0 aliphatic heterocycles. The fourth-order valence-corrected chi connectivity index (χ4v) is 2.43. The normalized spacial score (nSPS) is 10.6. The molecule has 0 saturated heterocycles. The lowest BCUT2D eigenvalue weighted by Gasteiger charge is -2.19. The third-order valence-electron chi connectivity index (χ3n) is 2.24. The monoisotopic (exact) mass is 261 g/mol. The molecule has 0 bridgehead atoms. The van der Waals surface area contributed by atoms with Crippen LogP contribution in [-0.2, 0) is 9.59 Å². The molecule has 1 amide bonds. The van der Waals surface area contributed by atoms with Crippen LogP contribution in [0.3, 0.4) is 0 Å². The lowest BCUT2D eigenvalue weighted by molar-refractivity contribution is -0.143. The largest absolute Gasteiger partial charge is 0.480 e. The molecule has 1 N–H and O–H groups in total. The van der Waals surface area contributed by atoms with Crippen LogP contribution in [0.15, 0.2) is 0 Å². The molecule has 0 aromatic heterocycles. The molecule has 100 valence electrons. The maximum absolute atomic E-state index is 11.8. The van der Waals surface area contributed by atoms with Crippen molar-refractivity contribution in [2.45, 2.75) is 33.6 Å². The molecular formula is C12H23NO3S. The number of carbonyl (C=O) groups excluding carboxylic acids is 1. The van der Waals surface area contributed by atoms with Crippen LogP contribution < -0.4 is 0 Å². The average Bonchev–Trinajstić information content (AvgIpc) is 2.22. The number of carboxylic acids is 1. The summed E-state index contributed by atoms with van der Waals surface area (Å²) < 4.78 is 0. The first-order chi connectivity index (χ1) is 7.97. The molecule has 0 atom stereocenters. The molecule has 0 aliphatic rings. The van der Waals surface area contributed by atoms with Crippen molar-refractivity contribution in [1.29, 1.82) is 0 Å². The number of rotatable bonds is 9. The van der Waals surface area contributed by atoms with Crippen LogP contribution in [0.25, 0.3) is 0 Å². The van der Waals surface area contributed by atoms with E-state index in [1.54, 1.807) is 11.8 Å². The van der Waals surface area contributed by atoms with Crippen LogP contribution in [-0.4, -0.2) is 46.5 Å². The fourth-order valence-electron chi connectivity index (χ4n) is 1.29. The molecule has 0 unspecified atom stereocenters. The Kier molecular flexibility index (Phi) is 8.94. The Hall–Kier alpha value is -0.710. The third kappa shape index (κ3) is 9.03. The third-order valence-corrected chi connectivity index (χ3v) is 3.21. The summed E-state index contributed by atoms with van der Waals surface area (Å²) in [6, 6.07) is 0. The zero-order chi connectivity index (χ0) is 13.3. The Morgan fingerprint density at radius 1 is 1.35 bits per heavy atom.